The van der Waals surface area contributed by atoms with Crippen LogP contribution in [-0.4, -0.2) is 28.5 Å². The van der Waals surface area contributed by atoms with Gasteiger partial charge in [0, 0.05) is 17.7 Å². The number of carbonyl (C=O) groups excluding carboxylic acids is 1. The lowest BCUT2D eigenvalue weighted by Gasteiger charge is -2.22. The van der Waals surface area contributed by atoms with E-state index in [0.717, 1.165) is 6.07 Å². The first-order valence-corrected chi connectivity index (χ1v) is 6.39. The normalized spacial score (nSPS) is 12.8. The van der Waals surface area contributed by atoms with Crippen LogP contribution in [0.25, 0.3) is 0 Å². The summed E-state index contributed by atoms with van der Waals surface area (Å²) in [6.45, 7) is 1.05. The van der Waals surface area contributed by atoms with Gasteiger partial charge in [0.05, 0.1) is 16.0 Å². The summed E-state index contributed by atoms with van der Waals surface area (Å²) < 4.78 is 31.7. The van der Waals surface area contributed by atoms with Crippen LogP contribution in [0.3, 0.4) is 0 Å². The molecule has 1 atom stereocenters. The number of phenols is 1. The topological polar surface area (TPSA) is 116 Å². The number of nitro benzene ring substituents is 1. The molecule has 0 spiro atoms. The van der Waals surface area contributed by atoms with Gasteiger partial charge in [-0.15, -0.1) is 0 Å². The van der Waals surface area contributed by atoms with Gasteiger partial charge in [-0.2, -0.15) is 8.78 Å². The van der Waals surface area contributed by atoms with Crippen molar-refractivity contribution in [2.45, 2.75) is 18.9 Å². The molecular formula is C11H11BrF2N2O5. The molecule has 0 bridgehead atoms. The molecule has 3 N–H and O–H groups in total. The largest absolute Gasteiger partial charge is 0.506 e. The summed E-state index contributed by atoms with van der Waals surface area (Å²) in [7, 11) is 0. The average Bonchev–Trinajstić information content (AvgIpc) is 2.40. The summed E-state index contributed by atoms with van der Waals surface area (Å²) in [5.41, 5.74) is 4.08. The van der Waals surface area contributed by atoms with E-state index < -0.39 is 39.9 Å². The van der Waals surface area contributed by atoms with Crippen LogP contribution in [0.15, 0.2) is 16.6 Å². The highest BCUT2D eigenvalue weighted by Crippen LogP contribution is 2.40. The zero-order valence-corrected chi connectivity index (χ0v) is 12.3. The fourth-order valence-electron chi connectivity index (χ4n) is 1.50. The number of hydrogen-bond donors (Lipinski definition) is 2. The Morgan fingerprint density at radius 2 is 2.19 bits per heavy atom. The van der Waals surface area contributed by atoms with Crippen LogP contribution in [0.2, 0.25) is 0 Å². The Kier molecular flexibility index (Phi) is 5.18. The standard InChI is InChI=1S/C11H11BrF2N2O5/c1-2-21-10(18)11(13,14)9(15)6-3-5(16(19)20)4-7(12)8(6)17/h3-4,9,17H,2,15H2,1H3/t9-/m1/s1. The Labute approximate surface area is 126 Å². The molecule has 116 valence electrons. The number of nitrogens with two attached hydrogens (primary N) is 1. The van der Waals surface area contributed by atoms with Crippen molar-refractivity contribution in [3.63, 3.8) is 0 Å². The number of phenolic OH excluding ortho intramolecular Hbond substituents is 1. The van der Waals surface area contributed by atoms with Crippen LogP contribution in [0.4, 0.5) is 14.5 Å². The van der Waals surface area contributed by atoms with Crippen LogP contribution < -0.4 is 5.73 Å². The van der Waals surface area contributed by atoms with Gasteiger partial charge in [0.1, 0.15) is 11.8 Å². The Morgan fingerprint density at radius 3 is 2.67 bits per heavy atom. The van der Waals surface area contributed by atoms with Crippen LogP contribution >= 0.6 is 15.9 Å². The fourth-order valence-corrected chi connectivity index (χ4v) is 1.96. The first kappa shape index (κ1) is 17.2. The number of halogens is 3. The van der Waals surface area contributed by atoms with Crippen molar-refractivity contribution in [1.29, 1.82) is 0 Å². The number of aromatic hydroxyl groups is 1. The maximum atomic E-state index is 13.8. The van der Waals surface area contributed by atoms with Gasteiger partial charge in [0.2, 0.25) is 0 Å². The zero-order chi connectivity index (χ0) is 16.4. The van der Waals surface area contributed by atoms with Gasteiger partial charge in [-0.3, -0.25) is 10.1 Å². The number of esters is 1. The SMILES string of the molecule is CCOC(=O)C(F)(F)[C@H](N)c1cc([N+](=O)[O-])cc(Br)c1O. The smallest absolute Gasteiger partial charge is 0.379 e. The molecular weight excluding hydrogens is 358 g/mol. The van der Waals surface area contributed by atoms with Gasteiger partial charge in [0.15, 0.2) is 0 Å². The predicted molar refractivity (Wildman–Crippen MR) is 71.0 cm³/mol. The summed E-state index contributed by atoms with van der Waals surface area (Å²) in [4.78, 5) is 21.1. The van der Waals surface area contributed by atoms with E-state index in [0.29, 0.717) is 6.07 Å². The third-order valence-electron chi connectivity index (χ3n) is 2.56. The van der Waals surface area contributed by atoms with Crippen molar-refractivity contribution in [3.8, 4) is 5.75 Å². The highest BCUT2D eigenvalue weighted by Gasteiger charge is 2.49. The molecule has 0 aliphatic rings. The molecule has 0 aliphatic heterocycles. The van der Waals surface area contributed by atoms with Crippen LogP contribution in [0.5, 0.6) is 5.75 Å². The third-order valence-corrected chi connectivity index (χ3v) is 3.17. The van der Waals surface area contributed by atoms with E-state index in [2.05, 4.69) is 20.7 Å². The molecule has 1 aromatic carbocycles. The molecule has 0 radical (unpaired) electrons. The number of ether oxygens (including phenoxy) is 1. The number of benzene rings is 1. The molecule has 0 heterocycles. The Hall–Kier alpha value is -1.81. The van der Waals surface area contributed by atoms with E-state index in [-0.39, 0.29) is 11.1 Å². The summed E-state index contributed by atoms with van der Waals surface area (Å²) in [6, 6.07) is -0.695. The number of hydrogen-bond acceptors (Lipinski definition) is 6. The fraction of sp³-hybridized carbons (Fsp3) is 0.364. The van der Waals surface area contributed by atoms with Gasteiger partial charge in [0.25, 0.3) is 5.69 Å². The molecule has 0 fully saturated rings. The Morgan fingerprint density at radius 1 is 1.62 bits per heavy atom. The second-order valence-electron chi connectivity index (χ2n) is 3.94. The van der Waals surface area contributed by atoms with Gasteiger partial charge in [-0.05, 0) is 22.9 Å². The number of nitrogens with zero attached hydrogens (tertiary/aromatic N) is 1. The summed E-state index contributed by atoms with van der Waals surface area (Å²) >= 11 is 2.80. The van der Waals surface area contributed by atoms with E-state index in [4.69, 9.17) is 5.73 Å². The first-order valence-electron chi connectivity index (χ1n) is 5.60. The lowest BCUT2D eigenvalue weighted by Crippen LogP contribution is -2.41. The molecule has 0 saturated heterocycles. The summed E-state index contributed by atoms with van der Waals surface area (Å²) in [5.74, 6) is -6.74. The van der Waals surface area contributed by atoms with Crippen LogP contribution in [0, 0.1) is 10.1 Å². The molecule has 21 heavy (non-hydrogen) atoms. The molecule has 7 nitrogen and oxygen atoms in total. The quantitative estimate of drug-likeness (QED) is 0.467. The Balaban J connectivity index is 3.32. The molecule has 0 unspecified atom stereocenters. The van der Waals surface area contributed by atoms with Crippen molar-refractivity contribution < 1.29 is 28.3 Å². The van der Waals surface area contributed by atoms with Crippen molar-refractivity contribution in [2.75, 3.05) is 6.61 Å². The third kappa shape index (κ3) is 3.45. The number of nitro groups is 1. The minimum Gasteiger partial charge on any atom is -0.506 e. The maximum Gasteiger partial charge on any atom is 0.379 e. The minimum atomic E-state index is -4.15. The zero-order valence-electron chi connectivity index (χ0n) is 10.7. The number of non-ortho nitro benzene ring substituents is 1. The molecule has 1 aromatic rings. The average molecular weight is 369 g/mol. The van der Waals surface area contributed by atoms with Crippen molar-refractivity contribution in [2.24, 2.45) is 5.73 Å². The number of alkyl halides is 2. The van der Waals surface area contributed by atoms with E-state index in [9.17, 15) is 28.8 Å². The minimum absolute atomic E-state index is 0.193. The molecule has 0 saturated carbocycles. The monoisotopic (exact) mass is 368 g/mol. The Bertz CT molecular complexity index is 582. The molecule has 10 heteroatoms. The van der Waals surface area contributed by atoms with E-state index in [1.54, 1.807) is 0 Å². The summed E-state index contributed by atoms with van der Waals surface area (Å²) in [5, 5.41) is 20.4. The predicted octanol–water partition coefficient (Wildman–Crippen LogP) is 2.26. The molecule has 1 rings (SSSR count). The number of rotatable bonds is 5. The molecule has 0 aliphatic carbocycles. The second kappa shape index (κ2) is 6.31. The van der Waals surface area contributed by atoms with Crippen molar-refractivity contribution in [1.82, 2.24) is 0 Å². The molecule has 0 amide bonds. The van der Waals surface area contributed by atoms with Crippen LogP contribution in [0.1, 0.15) is 18.5 Å². The van der Waals surface area contributed by atoms with Crippen molar-refractivity contribution in [3.05, 3.63) is 32.3 Å². The van der Waals surface area contributed by atoms with Gasteiger partial charge < -0.3 is 15.6 Å². The van der Waals surface area contributed by atoms with Gasteiger partial charge >= 0.3 is 11.9 Å². The molecule has 0 aromatic heterocycles. The lowest BCUT2D eigenvalue weighted by atomic mass is 9.99. The highest BCUT2D eigenvalue weighted by atomic mass is 79.9. The number of carbonyl (C=O) groups is 1. The lowest BCUT2D eigenvalue weighted by molar-refractivity contribution is -0.385. The maximum absolute atomic E-state index is 13.8. The second-order valence-corrected chi connectivity index (χ2v) is 4.80. The van der Waals surface area contributed by atoms with Gasteiger partial charge in [-0.1, -0.05) is 0 Å². The van der Waals surface area contributed by atoms with Crippen molar-refractivity contribution >= 4 is 27.6 Å². The first-order chi connectivity index (χ1) is 9.62. The van der Waals surface area contributed by atoms with Crippen LogP contribution in [-0.2, 0) is 9.53 Å². The van der Waals surface area contributed by atoms with E-state index in [1.807, 2.05) is 0 Å². The van der Waals surface area contributed by atoms with Gasteiger partial charge in [-0.25, -0.2) is 4.79 Å². The van der Waals surface area contributed by atoms with E-state index >= 15 is 0 Å². The highest BCUT2D eigenvalue weighted by molar-refractivity contribution is 9.10. The summed E-state index contributed by atoms with van der Waals surface area (Å²) in [6.07, 6.45) is 0. The van der Waals surface area contributed by atoms with E-state index in [1.165, 1.54) is 6.92 Å².